The maximum Gasteiger partial charge on any atom is 0.273 e. The molecule has 0 amide bonds. The maximum atomic E-state index is 11.9. The molecule has 5 nitrogen and oxygen atoms in total. The Balaban J connectivity index is 2.01. The summed E-state index contributed by atoms with van der Waals surface area (Å²) in [6.45, 7) is 0. The van der Waals surface area contributed by atoms with E-state index in [-0.39, 0.29) is 24.4 Å². The number of hydrogen-bond donors (Lipinski definition) is 0. The third kappa shape index (κ3) is 3.24. The fraction of sp³-hybridized carbons (Fsp3) is 0.333. The van der Waals surface area contributed by atoms with Gasteiger partial charge in [0, 0.05) is 23.6 Å². The number of ether oxygens (including phenoxy) is 1. The van der Waals surface area contributed by atoms with Gasteiger partial charge in [0.25, 0.3) is 10.1 Å². The lowest BCUT2D eigenvalue weighted by Gasteiger charge is -2.15. The van der Waals surface area contributed by atoms with E-state index in [1.54, 1.807) is 24.3 Å². The second-order valence-electron chi connectivity index (χ2n) is 3.99. The van der Waals surface area contributed by atoms with Crippen LogP contribution in [0.3, 0.4) is 0 Å². The van der Waals surface area contributed by atoms with E-state index in [9.17, 15) is 13.8 Å². The molecule has 1 aliphatic rings. The second kappa shape index (κ2) is 6.28. The van der Waals surface area contributed by atoms with Crippen molar-refractivity contribution in [3.05, 3.63) is 24.3 Å². The van der Waals surface area contributed by atoms with Crippen molar-refractivity contribution >= 4 is 48.4 Å². The lowest BCUT2D eigenvalue weighted by molar-refractivity contribution is -0.121. The Bertz CT molecular complexity index is 541. The van der Waals surface area contributed by atoms with Crippen molar-refractivity contribution in [3.8, 4) is 11.5 Å². The number of rotatable bonds is 5. The van der Waals surface area contributed by atoms with E-state index in [4.69, 9.17) is 8.92 Å². The van der Waals surface area contributed by atoms with Gasteiger partial charge in [0.15, 0.2) is 11.6 Å². The number of benzene rings is 1. The minimum absolute atomic E-state index is 0.164. The second-order valence-corrected chi connectivity index (χ2v) is 8.37. The van der Waals surface area contributed by atoms with Crippen molar-refractivity contribution < 1.29 is 22.7 Å². The van der Waals surface area contributed by atoms with Gasteiger partial charge in [-0.15, -0.1) is 0 Å². The molecule has 1 atom stereocenters. The normalized spacial score (nSPS) is 18.9. The smallest absolute Gasteiger partial charge is 0.273 e. The van der Waals surface area contributed by atoms with Crippen LogP contribution in [0.1, 0.15) is 12.8 Å². The van der Waals surface area contributed by atoms with Gasteiger partial charge in [0.1, 0.15) is 11.5 Å². The molecule has 0 aromatic heterocycles. The van der Waals surface area contributed by atoms with E-state index in [2.05, 4.69) is 15.9 Å². The molecule has 0 heterocycles. The number of carbonyl (C=O) groups is 2. The first-order valence-electron chi connectivity index (χ1n) is 5.65. The quantitative estimate of drug-likeness (QED) is 0.445. The molecule has 20 heavy (non-hydrogen) atoms. The van der Waals surface area contributed by atoms with E-state index in [1.807, 2.05) is 0 Å². The van der Waals surface area contributed by atoms with Crippen molar-refractivity contribution in [3.63, 3.8) is 0 Å². The van der Waals surface area contributed by atoms with Crippen LogP contribution >= 0.6 is 26.7 Å². The van der Waals surface area contributed by atoms with Crippen molar-refractivity contribution in [2.75, 3.05) is 7.11 Å². The number of ketones is 2. The average molecular weight is 379 g/mol. The molecular formula is C12H11BrO5S2. The summed E-state index contributed by atoms with van der Waals surface area (Å²) in [6, 6.07) is 6.51. The van der Waals surface area contributed by atoms with Crippen LogP contribution in [0.15, 0.2) is 24.3 Å². The Morgan fingerprint density at radius 1 is 1.15 bits per heavy atom. The minimum Gasteiger partial charge on any atom is -0.497 e. The van der Waals surface area contributed by atoms with Gasteiger partial charge < -0.3 is 8.92 Å². The van der Waals surface area contributed by atoms with E-state index < -0.39 is 13.8 Å². The topological polar surface area (TPSA) is 69.7 Å². The van der Waals surface area contributed by atoms with Crippen molar-refractivity contribution in [2.24, 2.45) is 0 Å². The third-order valence-electron chi connectivity index (χ3n) is 2.70. The summed E-state index contributed by atoms with van der Waals surface area (Å²) in [5.74, 6) is 0.456. The number of methoxy groups -OCH3 is 1. The van der Waals surface area contributed by atoms with Crippen LogP contribution in [0.4, 0.5) is 0 Å². The third-order valence-corrected chi connectivity index (χ3v) is 7.23. The number of alkyl halides is 1. The summed E-state index contributed by atoms with van der Waals surface area (Å²) in [5, 5.41) is 0. The molecule has 0 saturated heterocycles. The highest BCUT2D eigenvalue weighted by molar-refractivity contribution is 9.14. The molecule has 1 aromatic carbocycles. The van der Waals surface area contributed by atoms with Crippen LogP contribution in [-0.4, -0.2) is 26.5 Å². The summed E-state index contributed by atoms with van der Waals surface area (Å²) >= 11 is 3.08. The molecule has 1 fully saturated rings. The molecule has 0 aliphatic heterocycles. The molecule has 0 bridgehead atoms. The van der Waals surface area contributed by atoms with Crippen molar-refractivity contribution in [1.29, 1.82) is 0 Å². The highest BCUT2D eigenvalue weighted by atomic mass is 79.9. The van der Waals surface area contributed by atoms with Gasteiger partial charge in [-0.1, -0.05) is 15.9 Å². The molecule has 0 spiro atoms. The van der Waals surface area contributed by atoms with Crippen LogP contribution in [0.5, 0.6) is 11.5 Å². The maximum absolute atomic E-state index is 11.9. The van der Waals surface area contributed by atoms with Gasteiger partial charge in [-0.25, -0.2) is 4.21 Å². The summed E-state index contributed by atoms with van der Waals surface area (Å²) in [7, 11) is 0.341. The SMILES string of the molecule is COc1ccc(OS(=O)SC2(Br)C(=O)CCC2=O)cc1. The van der Waals surface area contributed by atoms with Crippen LogP contribution in [-0.2, 0) is 19.7 Å². The summed E-state index contributed by atoms with van der Waals surface area (Å²) in [4.78, 5) is 23.4. The standard InChI is InChI=1S/C12H11BrO5S2/c1-17-8-2-4-9(5-3-8)18-20(16)19-12(13)10(14)6-7-11(12)15/h2-5H,6-7H2,1H3. The van der Waals surface area contributed by atoms with Crippen LogP contribution in [0.25, 0.3) is 0 Å². The van der Waals surface area contributed by atoms with Crippen molar-refractivity contribution in [1.82, 2.24) is 0 Å². The van der Waals surface area contributed by atoms with E-state index in [1.165, 1.54) is 7.11 Å². The molecular weight excluding hydrogens is 368 g/mol. The molecule has 8 heteroatoms. The Morgan fingerprint density at radius 3 is 2.15 bits per heavy atom. The largest absolute Gasteiger partial charge is 0.497 e. The Hall–Kier alpha value is -0.860. The highest BCUT2D eigenvalue weighted by Gasteiger charge is 2.50. The molecule has 1 unspecified atom stereocenters. The molecule has 2 rings (SSSR count). The number of hydrogen-bond acceptors (Lipinski definition) is 6. The van der Waals surface area contributed by atoms with Crippen LogP contribution in [0, 0.1) is 0 Å². The highest BCUT2D eigenvalue weighted by Crippen LogP contribution is 2.43. The molecule has 0 N–H and O–H groups in total. The minimum atomic E-state index is -1.86. The Kier molecular flexibility index (Phi) is 4.87. The number of Topliss-reactive ketones (excluding diaryl/α,β-unsaturated/α-hetero) is 2. The average Bonchev–Trinajstić information content (AvgIpc) is 2.67. The Labute approximate surface area is 130 Å². The van der Waals surface area contributed by atoms with Crippen LogP contribution in [0.2, 0.25) is 0 Å². The fourth-order valence-electron chi connectivity index (χ4n) is 1.62. The lowest BCUT2D eigenvalue weighted by Crippen LogP contribution is -2.30. The predicted molar refractivity (Wildman–Crippen MR) is 80.3 cm³/mol. The summed E-state index contributed by atoms with van der Waals surface area (Å²) < 4.78 is 20.6. The van der Waals surface area contributed by atoms with Gasteiger partial charge >= 0.3 is 0 Å². The van der Waals surface area contributed by atoms with Crippen LogP contribution < -0.4 is 8.92 Å². The van der Waals surface area contributed by atoms with Crippen molar-refractivity contribution in [2.45, 2.75) is 16.5 Å². The molecule has 1 saturated carbocycles. The van der Waals surface area contributed by atoms with Gasteiger partial charge in [0.2, 0.25) is 3.66 Å². The molecule has 1 aliphatic carbocycles. The number of carbonyl (C=O) groups excluding carboxylic acids is 2. The van der Waals surface area contributed by atoms with Gasteiger partial charge in [0.05, 0.1) is 7.11 Å². The number of halogens is 1. The Morgan fingerprint density at radius 2 is 1.65 bits per heavy atom. The molecule has 108 valence electrons. The van der Waals surface area contributed by atoms with E-state index in [0.717, 1.165) is 0 Å². The molecule has 0 radical (unpaired) electrons. The summed E-state index contributed by atoms with van der Waals surface area (Å²) in [5.41, 5.74) is 0. The van der Waals surface area contributed by atoms with Gasteiger partial charge in [-0.2, -0.15) is 0 Å². The van der Waals surface area contributed by atoms with Gasteiger partial charge in [-0.3, -0.25) is 9.59 Å². The lowest BCUT2D eigenvalue weighted by atomic mass is 10.3. The fourth-order valence-corrected chi connectivity index (χ4v) is 5.32. The first kappa shape index (κ1) is 15.5. The first-order valence-corrected chi connectivity index (χ1v) is 8.85. The molecule has 1 aromatic rings. The summed E-state index contributed by atoms with van der Waals surface area (Å²) in [6.07, 6.45) is 0.327. The zero-order valence-electron chi connectivity index (χ0n) is 10.5. The van der Waals surface area contributed by atoms with E-state index in [0.29, 0.717) is 22.3 Å². The zero-order valence-corrected chi connectivity index (χ0v) is 13.7. The first-order chi connectivity index (χ1) is 9.45. The van der Waals surface area contributed by atoms with E-state index >= 15 is 0 Å². The monoisotopic (exact) mass is 378 g/mol. The zero-order chi connectivity index (χ0) is 14.8. The van der Waals surface area contributed by atoms with Gasteiger partial charge in [-0.05, 0) is 24.3 Å². The predicted octanol–water partition coefficient (Wildman–Crippen LogP) is 2.41.